The normalized spacial score (nSPS) is 18.0. The largest absolute Gasteiger partial charge is 0.361 e. The number of hydrogen-bond acceptors (Lipinski definition) is 2. The molecule has 2 N–H and O–H groups in total. The van der Waals surface area contributed by atoms with Gasteiger partial charge in [0.25, 0.3) is 5.91 Å². The summed E-state index contributed by atoms with van der Waals surface area (Å²) >= 11 is 0. The molecule has 0 fully saturated rings. The van der Waals surface area contributed by atoms with Crippen LogP contribution >= 0.6 is 0 Å². The van der Waals surface area contributed by atoms with Crippen molar-refractivity contribution in [2.45, 2.75) is 12.0 Å². The molecule has 1 aliphatic heterocycles. The van der Waals surface area contributed by atoms with Crippen LogP contribution in [0.3, 0.4) is 0 Å². The number of carbonyl (C=O) groups is 2. The maximum absolute atomic E-state index is 14.3. The van der Waals surface area contributed by atoms with Crippen molar-refractivity contribution in [2.75, 3.05) is 12.4 Å². The number of halogens is 2. The van der Waals surface area contributed by atoms with Gasteiger partial charge in [0, 0.05) is 41.3 Å². The van der Waals surface area contributed by atoms with Crippen LogP contribution in [-0.2, 0) is 4.79 Å². The van der Waals surface area contributed by atoms with Crippen LogP contribution in [-0.4, -0.2) is 28.7 Å². The van der Waals surface area contributed by atoms with Gasteiger partial charge < -0.3 is 15.2 Å². The number of para-hydroxylation sites is 1. The standard InChI is InChI=1S/C25H19F2N3O2/c1-30-23(18-13-28-20-9-5-4-6-15(18)20)22(16-7-2-3-8-17(16)25(30)32)24(31)29-21-11-10-14(26)12-19(21)27/h2-13,22-23,28H,1H3,(H,29,31). The van der Waals surface area contributed by atoms with E-state index in [0.717, 1.165) is 28.6 Å². The molecule has 5 rings (SSSR count). The molecule has 160 valence electrons. The lowest BCUT2D eigenvalue weighted by atomic mass is 9.79. The number of H-pyrrole nitrogens is 1. The summed E-state index contributed by atoms with van der Waals surface area (Å²) in [4.78, 5) is 31.4. The maximum atomic E-state index is 14.3. The molecule has 2 heterocycles. The molecule has 4 aromatic rings. The molecule has 0 bridgehead atoms. The molecular formula is C25H19F2N3O2. The Morgan fingerprint density at radius 2 is 1.75 bits per heavy atom. The number of aromatic amines is 1. The zero-order valence-electron chi connectivity index (χ0n) is 17.1. The number of anilines is 1. The summed E-state index contributed by atoms with van der Waals surface area (Å²) in [6, 6.07) is 16.9. The summed E-state index contributed by atoms with van der Waals surface area (Å²) in [5.74, 6) is -3.09. The van der Waals surface area contributed by atoms with Gasteiger partial charge in [-0.2, -0.15) is 0 Å². The Balaban J connectivity index is 1.65. The molecule has 0 radical (unpaired) electrons. The second kappa shape index (κ2) is 7.60. The molecule has 7 heteroatoms. The number of carbonyl (C=O) groups excluding carboxylic acids is 2. The second-order valence-corrected chi connectivity index (χ2v) is 7.83. The van der Waals surface area contributed by atoms with Crippen molar-refractivity contribution < 1.29 is 18.4 Å². The van der Waals surface area contributed by atoms with Crippen molar-refractivity contribution >= 4 is 28.4 Å². The van der Waals surface area contributed by atoms with Gasteiger partial charge >= 0.3 is 0 Å². The molecule has 0 saturated heterocycles. The molecule has 5 nitrogen and oxygen atoms in total. The van der Waals surface area contributed by atoms with Crippen molar-refractivity contribution in [3.8, 4) is 0 Å². The Hall–Kier alpha value is -4.00. The average Bonchev–Trinajstić information content (AvgIpc) is 3.21. The first-order chi connectivity index (χ1) is 15.5. The third-order valence-electron chi connectivity index (χ3n) is 5.99. The van der Waals surface area contributed by atoms with E-state index in [4.69, 9.17) is 0 Å². The highest BCUT2D eigenvalue weighted by Gasteiger charge is 2.43. The Labute approximate surface area is 182 Å². The van der Waals surface area contributed by atoms with Crippen LogP contribution in [0, 0.1) is 11.6 Å². The first-order valence-corrected chi connectivity index (χ1v) is 10.1. The molecule has 0 spiro atoms. The molecule has 0 saturated carbocycles. The third-order valence-corrected chi connectivity index (χ3v) is 5.99. The number of benzene rings is 3. The smallest absolute Gasteiger partial charge is 0.254 e. The second-order valence-electron chi connectivity index (χ2n) is 7.83. The van der Waals surface area contributed by atoms with Crippen LogP contribution in [0.2, 0.25) is 0 Å². The van der Waals surface area contributed by atoms with Crippen LogP contribution in [0.4, 0.5) is 14.5 Å². The van der Waals surface area contributed by atoms with E-state index in [1.165, 1.54) is 6.07 Å². The van der Waals surface area contributed by atoms with Gasteiger partial charge in [-0.15, -0.1) is 0 Å². The zero-order chi connectivity index (χ0) is 22.4. The number of rotatable bonds is 3. The van der Waals surface area contributed by atoms with Gasteiger partial charge in [-0.25, -0.2) is 8.78 Å². The van der Waals surface area contributed by atoms with E-state index < -0.39 is 29.5 Å². The Morgan fingerprint density at radius 1 is 1.00 bits per heavy atom. The molecule has 1 aliphatic rings. The first kappa shape index (κ1) is 19.9. The van der Waals surface area contributed by atoms with Gasteiger partial charge in [0.1, 0.15) is 11.6 Å². The fourth-order valence-electron chi connectivity index (χ4n) is 4.49. The fraction of sp³-hybridized carbons (Fsp3) is 0.120. The molecule has 2 amide bonds. The molecule has 2 unspecified atom stereocenters. The topological polar surface area (TPSA) is 65.2 Å². The van der Waals surface area contributed by atoms with E-state index in [9.17, 15) is 18.4 Å². The van der Waals surface area contributed by atoms with Gasteiger partial charge in [-0.1, -0.05) is 36.4 Å². The monoisotopic (exact) mass is 431 g/mol. The summed E-state index contributed by atoms with van der Waals surface area (Å²) < 4.78 is 27.6. The van der Waals surface area contributed by atoms with Crippen LogP contribution in [0.5, 0.6) is 0 Å². The minimum Gasteiger partial charge on any atom is -0.361 e. The van der Waals surface area contributed by atoms with Crippen LogP contribution in [0.25, 0.3) is 10.9 Å². The molecule has 3 aromatic carbocycles. The predicted molar refractivity (Wildman–Crippen MR) is 117 cm³/mol. The number of likely N-dealkylation sites (N-methyl/N-ethyl adjacent to an activating group) is 1. The summed E-state index contributed by atoms with van der Waals surface area (Å²) in [7, 11) is 1.66. The predicted octanol–water partition coefficient (Wildman–Crippen LogP) is 5.00. The Kier molecular flexibility index (Phi) is 4.74. The van der Waals surface area contributed by atoms with Crippen molar-refractivity contribution in [1.29, 1.82) is 0 Å². The summed E-state index contributed by atoms with van der Waals surface area (Å²) in [5.41, 5.74) is 2.53. The first-order valence-electron chi connectivity index (χ1n) is 10.1. The molecule has 1 aromatic heterocycles. The van der Waals surface area contributed by atoms with E-state index >= 15 is 0 Å². The highest BCUT2D eigenvalue weighted by molar-refractivity contribution is 6.05. The fourth-order valence-corrected chi connectivity index (χ4v) is 4.49. The van der Waals surface area contributed by atoms with Gasteiger partial charge in [-0.3, -0.25) is 9.59 Å². The lowest BCUT2D eigenvalue weighted by Gasteiger charge is -2.39. The van der Waals surface area contributed by atoms with Crippen molar-refractivity contribution in [2.24, 2.45) is 0 Å². The Bertz CT molecular complexity index is 1360. The number of fused-ring (bicyclic) bond motifs is 2. The Morgan fingerprint density at radius 3 is 2.56 bits per heavy atom. The number of nitrogens with zero attached hydrogens (tertiary/aromatic N) is 1. The summed E-state index contributed by atoms with van der Waals surface area (Å²) in [6.45, 7) is 0. The number of aromatic nitrogens is 1. The van der Waals surface area contributed by atoms with Gasteiger partial charge in [0.05, 0.1) is 17.6 Å². The van der Waals surface area contributed by atoms with E-state index in [1.54, 1.807) is 42.4 Å². The van der Waals surface area contributed by atoms with Gasteiger partial charge in [-0.05, 0) is 29.8 Å². The number of hydrogen-bond donors (Lipinski definition) is 2. The SMILES string of the molecule is CN1C(=O)c2ccccc2C(C(=O)Nc2ccc(F)cc2F)C1c1c[nH]c2ccccc12. The van der Waals surface area contributed by atoms with E-state index in [0.29, 0.717) is 11.1 Å². The zero-order valence-corrected chi connectivity index (χ0v) is 17.1. The van der Waals surface area contributed by atoms with E-state index in [1.807, 2.05) is 24.3 Å². The van der Waals surface area contributed by atoms with Crippen molar-refractivity contribution in [3.63, 3.8) is 0 Å². The minimum atomic E-state index is -0.865. The van der Waals surface area contributed by atoms with E-state index in [2.05, 4.69) is 10.3 Å². The lowest BCUT2D eigenvalue weighted by molar-refractivity contribution is -0.119. The average molecular weight is 431 g/mol. The van der Waals surface area contributed by atoms with E-state index in [-0.39, 0.29) is 11.6 Å². The van der Waals surface area contributed by atoms with Crippen LogP contribution < -0.4 is 5.32 Å². The molecule has 32 heavy (non-hydrogen) atoms. The molecular weight excluding hydrogens is 412 g/mol. The quantitative estimate of drug-likeness (QED) is 0.480. The highest BCUT2D eigenvalue weighted by atomic mass is 19.1. The molecule has 0 aliphatic carbocycles. The summed E-state index contributed by atoms with van der Waals surface area (Å²) in [6.07, 6.45) is 1.80. The third kappa shape index (κ3) is 3.13. The molecule has 2 atom stereocenters. The van der Waals surface area contributed by atoms with Crippen molar-refractivity contribution in [3.05, 3.63) is 101 Å². The lowest BCUT2D eigenvalue weighted by Crippen LogP contribution is -2.44. The van der Waals surface area contributed by atoms with Crippen LogP contribution in [0.1, 0.15) is 33.4 Å². The highest BCUT2D eigenvalue weighted by Crippen LogP contribution is 2.44. The van der Waals surface area contributed by atoms with Crippen LogP contribution in [0.15, 0.2) is 72.9 Å². The maximum Gasteiger partial charge on any atom is 0.254 e. The van der Waals surface area contributed by atoms with Gasteiger partial charge in [0.15, 0.2) is 0 Å². The van der Waals surface area contributed by atoms with Crippen molar-refractivity contribution in [1.82, 2.24) is 9.88 Å². The number of nitrogens with one attached hydrogen (secondary N) is 2. The number of amides is 2. The minimum absolute atomic E-state index is 0.119. The summed E-state index contributed by atoms with van der Waals surface area (Å²) in [5, 5.41) is 3.49. The van der Waals surface area contributed by atoms with Gasteiger partial charge in [0.2, 0.25) is 5.91 Å².